The monoisotopic (exact) mass is 244 g/mol. The highest BCUT2D eigenvalue weighted by atomic mass is 35.5. The summed E-state index contributed by atoms with van der Waals surface area (Å²) in [5.74, 6) is -0.536. The number of rotatable bonds is 5. The molecule has 0 bridgehead atoms. The molecule has 0 fully saturated rings. The first-order chi connectivity index (χ1) is 7.60. The highest BCUT2D eigenvalue weighted by Crippen LogP contribution is 2.34. The molecule has 0 aliphatic carbocycles. The molecule has 0 aliphatic rings. The molecule has 0 heterocycles. The third kappa shape index (κ3) is 2.79. The van der Waals surface area contributed by atoms with Crippen molar-refractivity contribution in [1.29, 1.82) is 0 Å². The van der Waals surface area contributed by atoms with Crippen LogP contribution in [0.4, 0.5) is 0 Å². The summed E-state index contributed by atoms with van der Waals surface area (Å²) in [5, 5.41) is 9.32. The van der Waals surface area contributed by atoms with Gasteiger partial charge in [-0.25, -0.2) is 4.79 Å². The molecule has 0 aromatic heterocycles. The maximum atomic E-state index is 11.0. The second-order valence-electron chi connectivity index (χ2n) is 3.14. The zero-order valence-electron chi connectivity index (χ0n) is 9.12. The Balaban J connectivity index is 3.21. The average Bonchev–Trinajstić information content (AvgIpc) is 2.26. The third-order valence-corrected chi connectivity index (χ3v) is 2.14. The van der Waals surface area contributed by atoms with Crippen LogP contribution < -0.4 is 9.47 Å². The number of aromatic carboxylic acids is 1. The lowest BCUT2D eigenvalue weighted by Gasteiger charge is -2.13. The van der Waals surface area contributed by atoms with Crippen molar-refractivity contribution in [3.05, 3.63) is 22.7 Å². The maximum Gasteiger partial charge on any atom is 0.339 e. The second-order valence-corrected chi connectivity index (χ2v) is 3.57. The molecule has 1 aromatic carbocycles. The van der Waals surface area contributed by atoms with Crippen molar-refractivity contribution < 1.29 is 19.4 Å². The zero-order chi connectivity index (χ0) is 12.1. The largest absolute Gasteiger partial charge is 0.493 e. The lowest BCUT2D eigenvalue weighted by Crippen LogP contribution is -2.05. The number of carbonyl (C=O) groups is 1. The number of methoxy groups -OCH3 is 1. The van der Waals surface area contributed by atoms with Gasteiger partial charge in [-0.05, 0) is 12.5 Å². The molecule has 0 atom stereocenters. The van der Waals surface area contributed by atoms with Crippen LogP contribution in [-0.2, 0) is 0 Å². The summed E-state index contributed by atoms with van der Waals surface area (Å²) in [4.78, 5) is 11.0. The second kappa shape index (κ2) is 5.61. The molecular formula is C11H13ClO4. The molecule has 5 heteroatoms. The molecule has 0 aliphatic heterocycles. The predicted molar refractivity (Wildman–Crippen MR) is 60.7 cm³/mol. The lowest BCUT2D eigenvalue weighted by molar-refractivity contribution is 0.0691. The first-order valence-electron chi connectivity index (χ1n) is 4.83. The van der Waals surface area contributed by atoms with Crippen LogP contribution in [-0.4, -0.2) is 24.8 Å². The first kappa shape index (κ1) is 12.6. The average molecular weight is 245 g/mol. The molecular weight excluding hydrogens is 232 g/mol. The van der Waals surface area contributed by atoms with Crippen molar-refractivity contribution in [2.45, 2.75) is 13.3 Å². The number of carboxylic acid groups (broad SMARTS) is 1. The topological polar surface area (TPSA) is 55.8 Å². The zero-order valence-corrected chi connectivity index (χ0v) is 9.87. The van der Waals surface area contributed by atoms with E-state index < -0.39 is 5.97 Å². The van der Waals surface area contributed by atoms with Crippen LogP contribution in [0.2, 0.25) is 5.02 Å². The van der Waals surface area contributed by atoms with Crippen molar-refractivity contribution in [3.8, 4) is 11.5 Å². The van der Waals surface area contributed by atoms with E-state index in [1.54, 1.807) is 0 Å². The maximum absolute atomic E-state index is 11.0. The predicted octanol–water partition coefficient (Wildman–Crippen LogP) is 2.84. The highest BCUT2D eigenvalue weighted by molar-refractivity contribution is 6.31. The van der Waals surface area contributed by atoms with Gasteiger partial charge in [-0.15, -0.1) is 0 Å². The van der Waals surface area contributed by atoms with Crippen LogP contribution in [0.1, 0.15) is 23.7 Å². The number of ether oxygens (including phenoxy) is 2. The highest BCUT2D eigenvalue weighted by Gasteiger charge is 2.17. The summed E-state index contributed by atoms with van der Waals surface area (Å²) in [7, 11) is 1.44. The van der Waals surface area contributed by atoms with Gasteiger partial charge in [-0.3, -0.25) is 0 Å². The number of halogens is 1. The number of carboxylic acids is 1. The van der Waals surface area contributed by atoms with Crippen LogP contribution >= 0.6 is 11.6 Å². The van der Waals surface area contributed by atoms with Gasteiger partial charge < -0.3 is 14.6 Å². The van der Waals surface area contributed by atoms with Crippen molar-refractivity contribution in [3.63, 3.8) is 0 Å². The number of hydrogen-bond donors (Lipinski definition) is 1. The molecule has 88 valence electrons. The van der Waals surface area contributed by atoms with Crippen LogP contribution in [0.5, 0.6) is 11.5 Å². The lowest BCUT2D eigenvalue weighted by atomic mass is 10.2. The van der Waals surface area contributed by atoms with Gasteiger partial charge >= 0.3 is 5.97 Å². The van der Waals surface area contributed by atoms with E-state index in [4.69, 9.17) is 26.2 Å². The van der Waals surface area contributed by atoms with Crippen molar-refractivity contribution in [2.75, 3.05) is 13.7 Å². The van der Waals surface area contributed by atoms with E-state index in [0.717, 1.165) is 6.42 Å². The Labute approximate surface area is 98.7 Å². The van der Waals surface area contributed by atoms with Crippen LogP contribution in [0.25, 0.3) is 0 Å². The van der Waals surface area contributed by atoms with E-state index in [2.05, 4.69) is 0 Å². The fraction of sp³-hybridized carbons (Fsp3) is 0.364. The van der Waals surface area contributed by atoms with E-state index in [0.29, 0.717) is 17.4 Å². The minimum absolute atomic E-state index is 0.0119. The van der Waals surface area contributed by atoms with Crippen LogP contribution in [0.3, 0.4) is 0 Å². The fourth-order valence-electron chi connectivity index (χ4n) is 1.23. The molecule has 1 aromatic rings. The molecule has 1 rings (SSSR count). The minimum atomic E-state index is -1.09. The quantitative estimate of drug-likeness (QED) is 0.865. The normalized spacial score (nSPS) is 9.94. The Kier molecular flexibility index (Phi) is 4.43. The van der Waals surface area contributed by atoms with Crippen molar-refractivity contribution in [2.24, 2.45) is 0 Å². The fourth-order valence-corrected chi connectivity index (χ4v) is 1.44. The minimum Gasteiger partial charge on any atom is -0.493 e. The Morgan fingerprint density at radius 3 is 2.69 bits per heavy atom. The third-order valence-electron chi connectivity index (χ3n) is 1.92. The first-order valence-corrected chi connectivity index (χ1v) is 5.21. The summed E-state index contributed by atoms with van der Waals surface area (Å²) >= 11 is 5.78. The molecule has 1 N–H and O–H groups in total. The van der Waals surface area contributed by atoms with Crippen LogP contribution in [0, 0.1) is 0 Å². The molecule has 0 unspecified atom stereocenters. The van der Waals surface area contributed by atoms with Gasteiger partial charge in [-0.2, -0.15) is 0 Å². The van der Waals surface area contributed by atoms with Crippen LogP contribution in [0.15, 0.2) is 12.1 Å². The van der Waals surface area contributed by atoms with Crippen molar-refractivity contribution >= 4 is 17.6 Å². The molecule has 0 saturated heterocycles. The van der Waals surface area contributed by atoms with Gasteiger partial charge in [0.2, 0.25) is 0 Å². The Morgan fingerprint density at radius 1 is 1.50 bits per heavy atom. The van der Waals surface area contributed by atoms with Crippen molar-refractivity contribution in [1.82, 2.24) is 0 Å². The van der Waals surface area contributed by atoms with Gasteiger partial charge in [0, 0.05) is 11.1 Å². The van der Waals surface area contributed by atoms with E-state index in [1.165, 1.54) is 19.2 Å². The van der Waals surface area contributed by atoms with Gasteiger partial charge in [0.25, 0.3) is 0 Å². The summed E-state index contributed by atoms with van der Waals surface area (Å²) in [6, 6.07) is 2.87. The van der Waals surface area contributed by atoms with E-state index in [9.17, 15) is 4.79 Å². The molecule has 0 spiro atoms. The Hall–Kier alpha value is -1.42. The van der Waals surface area contributed by atoms with E-state index in [1.807, 2.05) is 6.92 Å². The summed E-state index contributed by atoms with van der Waals surface area (Å²) in [6.45, 7) is 2.36. The molecule has 4 nitrogen and oxygen atoms in total. The number of hydrogen-bond acceptors (Lipinski definition) is 3. The van der Waals surface area contributed by atoms with E-state index >= 15 is 0 Å². The van der Waals surface area contributed by atoms with Gasteiger partial charge in [0.05, 0.1) is 13.7 Å². The van der Waals surface area contributed by atoms with E-state index in [-0.39, 0.29) is 11.3 Å². The smallest absolute Gasteiger partial charge is 0.339 e. The standard InChI is InChI=1S/C11H13ClO4/c1-3-4-16-10-8(11(13)14)5-7(12)6-9(10)15-2/h5-6H,3-4H2,1-2H3,(H,13,14). The SMILES string of the molecule is CCCOc1c(OC)cc(Cl)cc1C(=O)O. The summed E-state index contributed by atoms with van der Waals surface area (Å²) in [6.07, 6.45) is 0.783. The number of benzene rings is 1. The molecule has 0 radical (unpaired) electrons. The molecule has 0 saturated carbocycles. The summed E-state index contributed by atoms with van der Waals surface area (Å²) < 4.78 is 10.4. The van der Waals surface area contributed by atoms with Gasteiger partial charge in [0.1, 0.15) is 5.56 Å². The Morgan fingerprint density at radius 2 is 2.19 bits per heavy atom. The van der Waals surface area contributed by atoms with Gasteiger partial charge in [0.15, 0.2) is 11.5 Å². The summed E-state index contributed by atoms with van der Waals surface area (Å²) in [5.41, 5.74) is 0.0119. The van der Waals surface area contributed by atoms with Gasteiger partial charge in [-0.1, -0.05) is 18.5 Å². The molecule has 16 heavy (non-hydrogen) atoms. The Bertz CT molecular complexity index is 390. The molecule has 0 amide bonds.